The van der Waals surface area contributed by atoms with Gasteiger partial charge in [0.2, 0.25) is 0 Å². The number of carbonyl (C=O) groups excluding carboxylic acids is 2. The van der Waals surface area contributed by atoms with E-state index in [-0.39, 0.29) is 6.61 Å². The van der Waals surface area contributed by atoms with Crippen LogP contribution in [0.2, 0.25) is 0 Å². The van der Waals surface area contributed by atoms with Crippen LogP contribution in [0.15, 0.2) is 72.4 Å². The van der Waals surface area contributed by atoms with Crippen LogP contribution in [0.4, 0.5) is 0 Å². The van der Waals surface area contributed by atoms with Crippen molar-refractivity contribution in [2.24, 2.45) is 0 Å². The van der Waals surface area contributed by atoms with Gasteiger partial charge in [-0.15, -0.1) is 0 Å². The number of rotatable bonds is 8. The minimum Gasteiger partial charge on any atom is -0.484 e. The highest BCUT2D eigenvalue weighted by molar-refractivity contribution is 5.99. The van der Waals surface area contributed by atoms with Crippen molar-refractivity contribution in [1.82, 2.24) is 10.2 Å². The molecule has 0 spiro atoms. The largest absolute Gasteiger partial charge is 0.484 e. The number of ether oxygens (including phenoxy) is 1. The number of likely N-dealkylation sites (tertiary alicyclic amines) is 1. The van der Waals surface area contributed by atoms with E-state index in [0.29, 0.717) is 17.9 Å². The summed E-state index contributed by atoms with van der Waals surface area (Å²) in [5.74, 6) is -1.47. The standard InChI is InChI=1S/C21H20N2O5/c24-18(14-28-16-9-5-2-6-10-16)22-20-17(23(21(20)27)13-19(25)26)12-11-15-7-3-1-4-8-15/h1-10,12,20H,11,13-14H2,(H,22,24)(H,25,26). The van der Waals surface area contributed by atoms with Gasteiger partial charge in [0.05, 0.1) is 0 Å². The van der Waals surface area contributed by atoms with Gasteiger partial charge in [-0.1, -0.05) is 54.6 Å². The molecular weight excluding hydrogens is 360 g/mol. The molecule has 0 radical (unpaired) electrons. The topological polar surface area (TPSA) is 95.9 Å². The summed E-state index contributed by atoms with van der Waals surface area (Å²) in [7, 11) is 0. The van der Waals surface area contributed by atoms with Gasteiger partial charge in [0.1, 0.15) is 18.3 Å². The zero-order chi connectivity index (χ0) is 19.9. The van der Waals surface area contributed by atoms with E-state index < -0.39 is 30.4 Å². The molecule has 1 fully saturated rings. The molecule has 1 atom stereocenters. The Hall–Kier alpha value is -3.61. The Kier molecular flexibility index (Phi) is 6.06. The zero-order valence-corrected chi connectivity index (χ0v) is 15.1. The Morgan fingerprint density at radius 2 is 1.71 bits per heavy atom. The lowest BCUT2D eigenvalue weighted by atomic mass is 9.98. The third kappa shape index (κ3) is 4.76. The van der Waals surface area contributed by atoms with Gasteiger partial charge >= 0.3 is 5.97 Å². The third-order valence-corrected chi connectivity index (χ3v) is 4.22. The first-order chi connectivity index (χ1) is 13.5. The van der Waals surface area contributed by atoms with Crippen molar-refractivity contribution in [2.75, 3.05) is 13.2 Å². The van der Waals surface area contributed by atoms with Crippen molar-refractivity contribution in [3.05, 3.63) is 78.0 Å². The highest BCUT2D eigenvalue weighted by Crippen LogP contribution is 2.25. The van der Waals surface area contributed by atoms with Crippen molar-refractivity contribution in [3.8, 4) is 5.75 Å². The summed E-state index contributed by atoms with van der Waals surface area (Å²) < 4.78 is 5.38. The first-order valence-corrected chi connectivity index (χ1v) is 8.79. The molecule has 0 aromatic heterocycles. The third-order valence-electron chi connectivity index (χ3n) is 4.22. The fourth-order valence-electron chi connectivity index (χ4n) is 2.87. The van der Waals surface area contributed by atoms with Gasteiger partial charge in [-0.3, -0.25) is 14.4 Å². The van der Waals surface area contributed by atoms with E-state index in [1.807, 2.05) is 36.4 Å². The van der Waals surface area contributed by atoms with E-state index in [9.17, 15) is 14.4 Å². The van der Waals surface area contributed by atoms with Crippen molar-refractivity contribution in [1.29, 1.82) is 0 Å². The molecule has 3 rings (SSSR count). The number of carbonyl (C=O) groups is 3. The Balaban J connectivity index is 1.64. The van der Waals surface area contributed by atoms with Gasteiger partial charge in [-0.05, 0) is 24.1 Å². The Morgan fingerprint density at radius 3 is 2.36 bits per heavy atom. The van der Waals surface area contributed by atoms with E-state index in [1.165, 1.54) is 0 Å². The number of nitrogens with one attached hydrogen (secondary N) is 1. The number of aliphatic carboxylic acids is 1. The molecule has 0 bridgehead atoms. The molecular formula is C21H20N2O5. The molecule has 0 saturated carbocycles. The molecule has 1 aliphatic rings. The summed E-state index contributed by atoms with van der Waals surface area (Å²) >= 11 is 0. The fraction of sp³-hybridized carbons (Fsp3) is 0.190. The number of allylic oxidation sites excluding steroid dienone is 1. The molecule has 2 aromatic rings. The molecule has 28 heavy (non-hydrogen) atoms. The van der Waals surface area contributed by atoms with Gasteiger partial charge in [-0.2, -0.15) is 0 Å². The van der Waals surface area contributed by atoms with E-state index >= 15 is 0 Å². The number of hydrogen-bond donors (Lipinski definition) is 2. The second-order valence-electron chi connectivity index (χ2n) is 6.24. The van der Waals surface area contributed by atoms with Gasteiger partial charge < -0.3 is 20.1 Å². The highest BCUT2D eigenvalue weighted by Gasteiger charge is 2.44. The van der Waals surface area contributed by atoms with Crippen LogP contribution in [0.1, 0.15) is 5.56 Å². The maximum atomic E-state index is 12.3. The second kappa shape index (κ2) is 8.85. The van der Waals surface area contributed by atoms with Crippen molar-refractivity contribution >= 4 is 17.8 Å². The van der Waals surface area contributed by atoms with Crippen LogP contribution in [-0.2, 0) is 20.8 Å². The lowest BCUT2D eigenvalue weighted by Crippen LogP contribution is -2.63. The predicted octanol–water partition coefficient (Wildman–Crippen LogP) is 1.60. The van der Waals surface area contributed by atoms with Crippen LogP contribution in [-0.4, -0.2) is 47.0 Å². The quantitative estimate of drug-likeness (QED) is 0.679. The van der Waals surface area contributed by atoms with Crippen LogP contribution < -0.4 is 10.1 Å². The Bertz CT molecular complexity index is 880. The van der Waals surface area contributed by atoms with E-state index in [1.54, 1.807) is 30.3 Å². The fourth-order valence-corrected chi connectivity index (χ4v) is 2.87. The molecule has 1 unspecified atom stereocenters. The molecule has 1 saturated heterocycles. The van der Waals surface area contributed by atoms with Gasteiger partial charge in [-0.25, -0.2) is 0 Å². The molecule has 2 N–H and O–H groups in total. The number of carboxylic acids is 1. The van der Waals surface area contributed by atoms with Gasteiger partial charge in [0.15, 0.2) is 6.61 Å². The molecule has 0 aliphatic carbocycles. The Morgan fingerprint density at radius 1 is 1.07 bits per heavy atom. The average molecular weight is 380 g/mol. The first kappa shape index (κ1) is 19.2. The number of β-lactam (4-membered cyclic amide) rings is 1. The van der Waals surface area contributed by atoms with Gasteiger partial charge in [0.25, 0.3) is 11.8 Å². The summed E-state index contributed by atoms with van der Waals surface area (Å²) in [4.78, 5) is 36.6. The summed E-state index contributed by atoms with van der Waals surface area (Å²) in [6.45, 7) is -0.676. The van der Waals surface area contributed by atoms with Crippen LogP contribution in [0.3, 0.4) is 0 Å². The number of nitrogens with zero attached hydrogens (tertiary/aromatic N) is 1. The lowest BCUT2D eigenvalue weighted by molar-refractivity contribution is -0.149. The number of hydrogen-bond acceptors (Lipinski definition) is 4. The molecule has 144 valence electrons. The molecule has 2 amide bonds. The summed E-state index contributed by atoms with van der Waals surface area (Å²) in [5.41, 5.74) is 1.49. The number of para-hydroxylation sites is 1. The molecule has 7 nitrogen and oxygen atoms in total. The van der Waals surface area contributed by atoms with E-state index in [4.69, 9.17) is 9.84 Å². The lowest BCUT2D eigenvalue weighted by Gasteiger charge is -2.40. The van der Waals surface area contributed by atoms with Crippen LogP contribution >= 0.6 is 0 Å². The maximum absolute atomic E-state index is 12.3. The molecule has 1 aliphatic heterocycles. The minimum atomic E-state index is -1.11. The minimum absolute atomic E-state index is 0.237. The zero-order valence-electron chi connectivity index (χ0n) is 15.1. The van der Waals surface area contributed by atoms with Crippen LogP contribution in [0.25, 0.3) is 0 Å². The number of benzene rings is 2. The normalized spacial score (nSPS) is 17.1. The van der Waals surface area contributed by atoms with Crippen LogP contribution in [0.5, 0.6) is 5.75 Å². The highest BCUT2D eigenvalue weighted by atomic mass is 16.5. The number of amides is 2. The molecule has 7 heteroatoms. The van der Waals surface area contributed by atoms with Crippen LogP contribution in [0, 0.1) is 0 Å². The number of carboxylic acid groups (broad SMARTS) is 1. The predicted molar refractivity (Wildman–Crippen MR) is 101 cm³/mol. The molecule has 1 heterocycles. The van der Waals surface area contributed by atoms with E-state index in [2.05, 4.69) is 5.32 Å². The van der Waals surface area contributed by atoms with Gasteiger partial charge in [0, 0.05) is 5.70 Å². The SMILES string of the molecule is O=C(O)CN1C(=O)C(NC(=O)COc2ccccc2)C1=CCc1ccccc1. The second-order valence-corrected chi connectivity index (χ2v) is 6.24. The smallest absolute Gasteiger partial charge is 0.323 e. The van der Waals surface area contributed by atoms with Crippen molar-refractivity contribution in [3.63, 3.8) is 0 Å². The summed E-state index contributed by atoms with van der Waals surface area (Å²) in [6.07, 6.45) is 2.29. The monoisotopic (exact) mass is 380 g/mol. The van der Waals surface area contributed by atoms with Crippen molar-refractivity contribution in [2.45, 2.75) is 12.5 Å². The Labute approximate surface area is 162 Å². The average Bonchev–Trinajstić information content (AvgIpc) is 2.71. The maximum Gasteiger partial charge on any atom is 0.323 e. The van der Waals surface area contributed by atoms with E-state index in [0.717, 1.165) is 10.5 Å². The van der Waals surface area contributed by atoms with Crippen molar-refractivity contribution < 1.29 is 24.2 Å². The molecule has 2 aromatic carbocycles. The summed E-state index contributed by atoms with van der Waals surface area (Å²) in [6, 6.07) is 17.5. The first-order valence-electron chi connectivity index (χ1n) is 8.79. The summed E-state index contributed by atoms with van der Waals surface area (Å²) in [5, 5.41) is 11.6.